The van der Waals surface area contributed by atoms with Crippen LogP contribution in [-0.4, -0.2) is 22.5 Å². The summed E-state index contributed by atoms with van der Waals surface area (Å²) in [6.07, 6.45) is 1.08. The van der Waals surface area contributed by atoms with Crippen molar-refractivity contribution in [1.29, 1.82) is 0 Å². The summed E-state index contributed by atoms with van der Waals surface area (Å²) < 4.78 is 12.4. The lowest BCUT2D eigenvalue weighted by Crippen LogP contribution is -2.44. The first-order valence-electron chi connectivity index (χ1n) is 6.72. The van der Waals surface area contributed by atoms with Crippen molar-refractivity contribution in [1.82, 2.24) is 5.32 Å². The van der Waals surface area contributed by atoms with E-state index in [1.54, 1.807) is 12.1 Å². The van der Waals surface area contributed by atoms with E-state index in [4.69, 9.17) is 11.6 Å². The minimum absolute atomic E-state index is 0.0867. The zero-order valence-corrected chi connectivity index (χ0v) is 13.8. The van der Waals surface area contributed by atoms with Gasteiger partial charge in [0, 0.05) is 21.7 Å². The van der Waals surface area contributed by atoms with Crippen LogP contribution in [0.4, 0.5) is 0 Å². The fraction of sp³-hybridized carbons (Fsp3) is 0.600. The van der Waals surface area contributed by atoms with Gasteiger partial charge in [-0.3, -0.25) is 4.21 Å². The van der Waals surface area contributed by atoms with Gasteiger partial charge in [-0.25, -0.2) is 0 Å². The number of rotatable bonds is 6. The molecule has 4 heteroatoms. The molecule has 0 aliphatic carbocycles. The summed E-state index contributed by atoms with van der Waals surface area (Å²) in [6, 6.07) is 7.55. The maximum absolute atomic E-state index is 12.4. The van der Waals surface area contributed by atoms with Crippen molar-refractivity contribution >= 4 is 22.4 Å². The Labute approximate surface area is 124 Å². The summed E-state index contributed by atoms with van der Waals surface area (Å²) in [4.78, 5) is 0.806. The van der Waals surface area contributed by atoms with Crippen LogP contribution < -0.4 is 5.32 Å². The topological polar surface area (TPSA) is 29.1 Å². The van der Waals surface area contributed by atoms with Crippen LogP contribution in [0.15, 0.2) is 29.2 Å². The molecular weight excluding hydrogens is 278 g/mol. The monoisotopic (exact) mass is 301 g/mol. The Kier molecular flexibility index (Phi) is 6.51. The average molecular weight is 302 g/mol. The third kappa shape index (κ3) is 5.64. The molecule has 0 radical (unpaired) electrons. The Balaban J connectivity index is 2.76. The molecule has 1 aromatic carbocycles. The molecule has 0 amide bonds. The summed E-state index contributed by atoms with van der Waals surface area (Å²) in [7, 11) is -1.02. The average Bonchev–Trinajstić information content (AvgIpc) is 2.32. The molecule has 1 rings (SSSR count). The van der Waals surface area contributed by atoms with Crippen LogP contribution in [-0.2, 0) is 10.8 Å². The van der Waals surface area contributed by atoms with E-state index in [0.29, 0.717) is 10.8 Å². The van der Waals surface area contributed by atoms with Crippen LogP contribution in [0.2, 0.25) is 5.02 Å². The van der Waals surface area contributed by atoms with Gasteiger partial charge in [0.05, 0.1) is 10.8 Å². The minimum Gasteiger partial charge on any atom is -0.313 e. The molecule has 0 heterocycles. The van der Waals surface area contributed by atoms with Crippen molar-refractivity contribution in [2.75, 3.05) is 12.3 Å². The molecule has 0 aliphatic heterocycles. The normalized spacial score (nSPS) is 15.2. The van der Waals surface area contributed by atoms with Crippen LogP contribution >= 0.6 is 11.6 Å². The highest BCUT2D eigenvalue weighted by Gasteiger charge is 2.26. The van der Waals surface area contributed by atoms with Gasteiger partial charge in [-0.15, -0.1) is 0 Å². The molecule has 0 fully saturated rings. The van der Waals surface area contributed by atoms with Crippen LogP contribution in [0, 0.1) is 5.41 Å². The van der Waals surface area contributed by atoms with Gasteiger partial charge in [0.15, 0.2) is 0 Å². The van der Waals surface area contributed by atoms with Crippen molar-refractivity contribution in [2.45, 2.75) is 45.1 Å². The molecule has 0 spiro atoms. The molecule has 108 valence electrons. The molecule has 2 unspecified atom stereocenters. The first kappa shape index (κ1) is 16.7. The van der Waals surface area contributed by atoms with E-state index in [0.717, 1.165) is 17.9 Å². The van der Waals surface area contributed by atoms with Crippen molar-refractivity contribution in [3.05, 3.63) is 29.3 Å². The minimum atomic E-state index is -1.02. The lowest BCUT2D eigenvalue weighted by molar-refractivity contribution is 0.290. The lowest BCUT2D eigenvalue weighted by atomic mass is 9.88. The Bertz CT molecular complexity index is 428. The van der Waals surface area contributed by atoms with E-state index >= 15 is 0 Å². The Morgan fingerprint density at radius 1 is 1.37 bits per heavy atom. The van der Waals surface area contributed by atoms with Crippen LogP contribution in [0.5, 0.6) is 0 Å². The number of nitrogens with one attached hydrogen (secondary N) is 1. The molecule has 0 aromatic heterocycles. The van der Waals surface area contributed by atoms with Crippen molar-refractivity contribution in [2.24, 2.45) is 5.41 Å². The van der Waals surface area contributed by atoms with E-state index in [-0.39, 0.29) is 11.5 Å². The SMILES string of the molecule is CCCNC(CS(=O)c1cccc(Cl)c1)C(C)(C)C. The smallest absolute Gasteiger partial charge is 0.0546 e. The standard InChI is InChI=1S/C15H24ClNOS/c1-5-9-17-14(15(2,3)4)11-19(18)13-8-6-7-12(16)10-13/h6-8,10,14,17H,5,9,11H2,1-4H3. The number of hydrogen-bond acceptors (Lipinski definition) is 2. The van der Waals surface area contributed by atoms with E-state index in [1.807, 2.05) is 12.1 Å². The Hall–Kier alpha value is -0.380. The van der Waals surface area contributed by atoms with Crippen LogP contribution in [0.1, 0.15) is 34.1 Å². The molecule has 2 nitrogen and oxygen atoms in total. The third-order valence-corrected chi connectivity index (χ3v) is 4.71. The summed E-state index contributed by atoms with van der Waals surface area (Å²) in [5, 5.41) is 4.14. The summed E-state index contributed by atoms with van der Waals surface area (Å²) in [5.41, 5.74) is 0.0867. The van der Waals surface area contributed by atoms with Gasteiger partial charge >= 0.3 is 0 Å². The second-order valence-corrected chi connectivity index (χ2v) is 7.77. The Morgan fingerprint density at radius 2 is 2.05 bits per heavy atom. The van der Waals surface area contributed by atoms with Gasteiger partial charge < -0.3 is 5.32 Å². The Morgan fingerprint density at radius 3 is 2.58 bits per heavy atom. The van der Waals surface area contributed by atoms with Gasteiger partial charge in [-0.2, -0.15) is 0 Å². The molecule has 19 heavy (non-hydrogen) atoms. The molecular formula is C15H24ClNOS. The second kappa shape index (κ2) is 7.41. The molecule has 1 N–H and O–H groups in total. The van der Waals surface area contributed by atoms with Crippen LogP contribution in [0.25, 0.3) is 0 Å². The third-order valence-electron chi connectivity index (χ3n) is 3.06. The summed E-state index contributed by atoms with van der Waals surface area (Å²) in [6.45, 7) is 9.62. The molecule has 0 aliphatic rings. The van der Waals surface area contributed by atoms with Gasteiger partial charge in [0.1, 0.15) is 0 Å². The molecule has 1 aromatic rings. The first-order chi connectivity index (χ1) is 8.84. The summed E-state index contributed by atoms with van der Waals surface area (Å²) in [5.74, 6) is 0.615. The predicted octanol–water partition coefficient (Wildman–Crippen LogP) is 3.86. The highest BCUT2D eigenvalue weighted by Crippen LogP contribution is 2.22. The lowest BCUT2D eigenvalue weighted by Gasteiger charge is -2.31. The molecule has 0 saturated carbocycles. The largest absolute Gasteiger partial charge is 0.313 e. The van der Waals surface area contributed by atoms with Gasteiger partial charge in [0.25, 0.3) is 0 Å². The zero-order chi connectivity index (χ0) is 14.5. The quantitative estimate of drug-likeness (QED) is 0.864. The summed E-state index contributed by atoms with van der Waals surface area (Å²) >= 11 is 5.95. The number of benzene rings is 1. The first-order valence-corrected chi connectivity index (χ1v) is 8.41. The molecule has 2 atom stereocenters. The van der Waals surface area contributed by atoms with Crippen molar-refractivity contribution < 1.29 is 4.21 Å². The fourth-order valence-corrected chi connectivity index (χ4v) is 3.65. The molecule has 0 bridgehead atoms. The highest BCUT2D eigenvalue weighted by atomic mass is 35.5. The van der Waals surface area contributed by atoms with Crippen molar-refractivity contribution in [3.8, 4) is 0 Å². The van der Waals surface area contributed by atoms with Gasteiger partial charge in [0.2, 0.25) is 0 Å². The maximum atomic E-state index is 12.4. The number of halogens is 1. The van der Waals surface area contributed by atoms with Gasteiger partial charge in [-0.1, -0.05) is 45.4 Å². The zero-order valence-electron chi connectivity index (χ0n) is 12.2. The fourth-order valence-electron chi connectivity index (χ4n) is 1.79. The van der Waals surface area contributed by atoms with Crippen LogP contribution in [0.3, 0.4) is 0 Å². The number of hydrogen-bond donors (Lipinski definition) is 1. The second-order valence-electron chi connectivity index (χ2n) is 5.84. The van der Waals surface area contributed by atoms with E-state index in [9.17, 15) is 4.21 Å². The highest BCUT2D eigenvalue weighted by molar-refractivity contribution is 7.85. The van der Waals surface area contributed by atoms with Crippen molar-refractivity contribution in [3.63, 3.8) is 0 Å². The van der Waals surface area contributed by atoms with E-state index in [2.05, 4.69) is 33.0 Å². The maximum Gasteiger partial charge on any atom is 0.0546 e. The predicted molar refractivity (Wildman–Crippen MR) is 84.3 cm³/mol. The van der Waals surface area contributed by atoms with E-state index in [1.165, 1.54) is 0 Å². The molecule has 0 saturated heterocycles. The van der Waals surface area contributed by atoms with Gasteiger partial charge in [-0.05, 0) is 36.6 Å². The van der Waals surface area contributed by atoms with E-state index < -0.39 is 10.8 Å².